The van der Waals surface area contributed by atoms with E-state index < -0.39 is 17.8 Å². The Labute approximate surface area is 196 Å². The molecule has 0 bridgehead atoms. The maximum absolute atomic E-state index is 14.4. The fourth-order valence-corrected chi connectivity index (χ4v) is 2.98. The average Bonchev–Trinajstić information content (AvgIpc) is 2.85. The van der Waals surface area contributed by atoms with Gasteiger partial charge in [0, 0.05) is 24.2 Å². The molecule has 180 valence electrons. The highest BCUT2D eigenvalue weighted by atomic mass is 19.1. The van der Waals surface area contributed by atoms with Crippen molar-refractivity contribution in [2.24, 2.45) is 0 Å². The van der Waals surface area contributed by atoms with E-state index in [1.54, 1.807) is 61.1 Å². The topological polar surface area (TPSA) is 130 Å². The van der Waals surface area contributed by atoms with Gasteiger partial charge < -0.3 is 25.4 Å². The van der Waals surface area contributed by atoms with Crippen LogP contribution in [0.4, 0.5) is 33.2 Å². The number of carbonyl (C=O) groups is 1. The number of anilines is 5. The molecule has 0 saturated carbocycles. The number of amides is 1. The Balaban J connectivity index is 1.68. The molecule has 2 aromatic carbocycles. The number of halogens is 1. The molecule has 34 heavy (non-hydrogen) atoms. The van der Waals surface area contributed by atoms with E-state index in [1.807, 2.05) is 6.92 Å². The lowest BCUT2D eigenvalue weighted by molar-refractivity contribution is -0.130. The SMILES string of the molecule is CCC(Nc1cccc(Nc2nc(Nc3ccc(OCCOC)cc3)ncc2F)c1)C(=O)NO. The molecule has 3 rings (SSSR count). The van der Waals surface area contributed by atoms with Crippen LogP contribution in [0.1, 0.15) is 13.3 Å². The molecule has 11 heteroatoms. The molecule has 1 atom stereocenters. The predicted octanol–water partition coefficient (Wildman–Crippen LogP) is 3.82. The number of hydroxylamine groups is 1. The van der Waals surface area contributed by atoms with Gasteiger partial charge in [-0.2, -0.15) is 4.98 Å². The lowest BCUT2D eigenvalue weighted by atomic mass is 10.2. The quantitative estimate of drug-likeness (QED) is 0.152. The number of hydrogen-bond donors (Lipinski definition) is 5. The maximum atomic E-state index is 14.4. The third-order valence-electron chi connectivity index (χ3n) is 4.71. The van der Waals surface area contributed by atoms with Gasteiger partial charge in [-0.1, -0.05) is 13.0 Å². The van der Waals surface area contributed by atoms with Crippen LogP contribution in [0.3, 0.4) is 0 Å². The number of rotatable bonds is 12. The number of hydrogen-bond acceptors (Lipinski definition) is 9. The zero-order valence-electron chi connectivity index (χ0n) is 18.8. The summed E-state index contributed by atoms with van der Waals surface area (Å²) >= 11 is 0. The first kappa shape index (κ1) is 24.7. The summed E-state index contributed by atoms with van der Waals surface area (Å²) in [5.41, 5.74) is 3.50. The minimum absolute atomic E-state index is 0.0192. The highest BCUT2D eigenvalue weighted by Crippen LogP contribution is 2.24. The van der Waals surface area contributed by atoms with Crippen molar-refractivity contribution in [3.8, 4) is 5.75 Å². The van der Waals surface area contributed by atoms with Crippen molar-refractivity contribution in [2.45, 2.75) is 19.4 Å². The number of ether oxygens (including phenoxy) is 2. The molecule has 0 aliphatic carbocycles. The van der Waals surface area contributed by atoms with Gasteiger partial charge in [-0.25, -0.2) is 14.9 Å². The Bertz CT molecular complexity index is 1080. The van der Waals surface area contributed by atoms with E-state index in [9.17, 15) is 9.18 Å². The Kier molecular flexibility index (Phi) is 8.95. The summed E-state index contributed by atoms with van der Waals surface area (Å²) in [6.45, 7) is 2.75. The largest absolute Gasteiger partial charge is 0.491 e. The molecule has 1 aromatic heterocycles. The van der Waals surface area contributed by atoms with Crippen LogP contribution in [0.5, 0.6) is 5.75 Å². The van der Waals surface area contributed by atoms with Crippen LogP contribution in [-0.2, 0) is 9.53 Å². The molecule has 3 aromatic rings. The normalized spacial score (nSPS) is 11.4. The number of nitrogens with one attached hydrogen (secondary N) is 4. The third-order valence-corrected chi connectivity index (χ3v) is 4.71. The van der Waals surface area contributed by atoms with Crippen LogP contribution in [0, 0.1) is 5.82 Å². The van der Waals surface area contributed by atoms with Gasteiger partial charge >= 0.3 is 0 Å². The van der Waals surface area contributed by atoms with Crippen LogP contribution in [-0.4, -0.2) is 47.4 Å². The van der Waals surface area contributed by atoms with Crippen LogP contribution in [0.25, 0.3) is 0 Å². The van der Waals surface area contributed by atoms with Crippen LogP contribution >= 0.6 is 0 Å². The maximum Gasteiger partial charge on any atom is 0.265 e. The number of carbonyl (C=O) groups excluding carboxylic acids is 1. The Morgan fingerprint density at radius 1 is 1.09 bits per heavy atom. The molecule has 0 saturated heterocycles. The zero-order chi connectivity index (χ0) is 24.3. The third kappa shape index (κ3) is 7.02. The van der Waals surface area contributed by atoms with Crippen molar-refractivity contribution in [3.05, 3.63) is 60.5 Å². The summed E-state index contributed by atoms with van der Waals surface area (Å²) in [5.74, 6) is -0.295. The second-order valence-electron chi connectivity index (χ2n) is 7.17. The van der Waals surface area contributed by atoms with Crippen LogP contribution in [0.2, 0.25) is 0 Å². The van der Waals surface area contributed by atoms with E-state index in [0.29, 0.717) is 42.4 Å². The van der Waals surface area contributed by atoms with Gasteiger partial charge in [0.1, 0.15) is 18.4 Å². The first-order valence-electron chi connectivity index (χ1n) is 10.6. The van der Waals surface area contributed by atoms with Crippen molar-refractivity contribution >= 4 is 34.7 Å². The lowest BCUT2D eigenvalue weighted by Crippen LogP contribution is -2.37. The molecule has 5 N–H and O–H groups in total. The summed E-state index contributed by atoms with van der Waals surface area (Å²) in [6, 6.07) is 13.5. The van der Waals surface area contributed by atoms with E-state index >= 15 is 0 Å². The first-order chi connectivity index (χ1) is 16.5. The Morgan fingerprint density at radius 3 is 2.56 bits per heavy atom. The average molecular weight is 471 g/mol. The van der Waals surface area contributed by atoms with Gasteiger partial charge in [-0.05, 0) is 48.9 Å². The van der Waals surface area contributed by atoms with Crippen molar-refractivity contribution < 1.29 is 23.9 Å². The summed E-state index contributed by atoms with van der Waals surface area (Å²) in [7, 11) is 1.61. The summed E-state index contributed by atoms with van der Waals surface area (Å²) < 4.78 is 24.9. The van der Waals surface area contributed by atoms with E-state index in [4.69, 9.17) is 14.7 Å². The van der Waals surface area contributed by atoms with Gasteiger partial charge in [0.05, 0.1) is 12.8 Å². The highest BCUT2D eigenvalue weighted by molar-refractivity contribution is 5.83. The molecule has 0 spiro atoms. The van der Waals surface area contributed by atoms with Crippen molar-refractivity contribution in [1.29, 1.82) is 0 Å². The predicted molar refractivity (Wildman–Crippen MR) is 126 cm³/mol. The Hall–Kier alpha value is -3.96. The van der Waals surface area contributed by atoms with E-state index in [-0.39, 0.29) is 11.8 Å². The second kappa shape index (κ2) is 12.3. The van der Waals surface area contributed by atoms with Gasteiger partial charge in [0.15, 0.2) is 11.6 Å². The fourth-order valence-electron chi connectivity index (χ4n) is 2.98. The molecular formula is C23H27FN6O4. The van der Waals surface area contributed by atoms with Crippen molar-refractivity contribution in [2.75, 3.05) is 36.3 Å². The summed E-state index contributed by atoms with van der Waals surface area (Å²) in [5, 5.41) is 17.8. The number of aromatic nitrogens is 2. The van der Waals surface area contributed by atoms with Gasteiger partial charge in [-0.15, -0.1) is 0 Å². The smallest absolute Gasteiger partial charge is 0.265 e. The van der Waals surface area contributed by atoms with Crippen LogP contribution in [0.15, 0.2) is 54.7 Å². The van der Waals surface area contributed by atoms with E-state index in [1.165, 1.54) is 0 Å². The minimum Gasteiger partial charge on any atom is -0.491 e. The molecule has 1 amide bonds. The fraction of sp³-hybridized carbons (Fsp3) is 0.261. The molecule has 1 heterocycles. The van der Waals surface area contributed by atoms with E-state index in [0.717, 1.165) is 6.20 Å². The lowest BCUT2D eigenvalue weighted by Gasteiger charge is -2.17. The van der Waals surface area contributed by atoms with Crippen molar-refractivity contribution in [1.82, 2.24) is 15.4 Å². The van der Waals surface area contributed by atoms with Gasteiger partial charge in [0.2, 0.25) is 5.95 Å². The molecule has 0 aliphatic rings. The van der Waals surface area contributed by atoms with Gasteiger partial charge in [0.25, 0.3) is 5.91 Å². The molecule has 0 fully saturated rings. The van der Waals surface area contributed by atoms with Gasteiger partial charge in [-0.3, -0.25) is 10.0 Å². The highest BCUT2D eigenvalue weighted by Gasteiger charge is 2.15. The monoisotopic (exact) mass is 470 g/mol. The molecule has 0 radical (unpaired) electrons. The standard InChI is InChI=1S/C23H27FN6O4/c1-3-20(22(31)30-32)26-16-5-4-6-17(13-16)27-21-19(24)14-25-23(29-21)28-15-7-9-18(10-8-15)34-12-11-33-2/h4-10,13-14,20,26,32H,3,11-12H2,1-2H3,(H,30,31)(H2,25,27,28,29). The second-order valence-corrected chi connectivity index (χ2v) is 7.17. The van der Waals surface area contributed by atoms with Crippen molar-refractivity contribution in [3.63, 3.8) is 0 Å². The summed E-state index contributed by atoms with van der Waals surface area (Å²) in [6.07, 6.45) is 1.53. The number of benzene rings is 2. The summed E-state index contributed by atoms with van der Waals surface area (Å²) in [4.78, 5) is 19.9. The molecule has 10 nitrogen and oxygen atoms in total. The Morgan fingerprint density at radius 2 is 1.85 bits per heavy atom. The minimum atomic E-state index is -0.628. The number of methoxy groups -OCH3 is 1. The molecule has 1 unspecified atom stereocenters. The van der Waals surface area contributed by atoms with E-state index in [2.05, 4.69) is 25.9 Å². The first-order valence-corrected chi connectivity index (χ1v) is 10.6. The zero-order valence-corrected chi connectivity index (χ0v) is 18.8. The molecule has 0 aliphatic heterocycles. The number of nitrogens with zero attached hydrogens (tertiary/aromatic N) is 2. The van der Waals surface area contributed by atoms with Crippen LogP contribution < -0.4 is 26.2 Å². The molecular weight excluding hydrogens is 443 g/mol.